The van der Waals surface area contributed by atoms with Gasteiger partial charge in [0.2, 0.25) is 18.2 Å². The Balaban J connectivity index is 3.05. The van der Waals surface area contributed by atoms with Gasteiger partial charge in [-0.25, -0.2) is 10.0 Å². The van der Waals surface area contributed by atoms with E-state index in [1.807, 2.05) is 20.8 Å². The summed E-state index contributed by atoms with van der Waals surface area (Å²) in [6.07, 6.45) is 3.85. The number of amides is 3. The lowest BCUT2D eigenvalue weighted by atomic mass is 9.98. The minimum Gasteiger partial charge on any atom is -0.446 e. The summed E-state index contributed by atoms with van der Waals surface area (Å²) in [7, 11) is 0. The Bertz CT molecular complexity index is 737. The molecule has 0 radical (unpaired) electrons. The van der Waals surface area contributed by atoms with Crippen molar-refractivity contribution in [2.75, 3.05) is 19.6 Å². The SMILES string of the molecule is CCCC[C@H](CN(O)C=O)C(=O)N[C@H](c1nc(C(=O)N(CC(C)C)CC(C)C)co1)C(C)C. The third-order valence-corrected chi connectivity index (χ3v) is 5.24. The van der Waals surface area contributed by atoms with Crippen molar-refractivity contribution in [1.82, 2.24) is 20.3 Å². The van der Waals surface area contributed by atoms with Gasteiger partial charge in [-0.05, 0) is 24.2 Å². The van der Waals surface area contributed by atoms with Gasteiger partial charge >= 0.3 is 0 Å². The van der Waals surface area contributed by atoms with Crippen LogP contribution in [0, 0.1) is 23.7 Å². The van der Waals surface area contributed by atoms with Crippen molar-refractivity contribution in [3.8, 4) is 0 Å². The Morgan fingerprint density at radius 1 is 1.12 bits per heavy atom. The summed E-state index contributed by atoms with van der Waals surface area (Å²) in [6, 6.07) is -0.546. The zero-order chi connectivity index (χ0) is 25.1. The van der Waals surface area contributed by atoms with Crippen LogP contribution in [0.2, 0.25) is 0 Å². The third kappa shape index (κ3) is 9.53. The molecule has 1 aromatic rings. The summed E-state index contributed by atoms with van der Waals surface area (Å²) in [5.74, 6) is -0.203. The van der Waals surface area contributed by atoms with Crippen LogP contribution < -0.4 is 5.32 Å². The van der Waals surface area contributed by atoms with Gasteiger partial charge in [-0.2, -0.15) is 0 Å². The molecule has 33 heavy (non-hydrogen) atoms. The first-order chi connectivity index (χ1) is 15.5. The van der Waals surface area contributed by atoms with Gasteiger partial charge in [0.1, 0.15) is 12.3 Å². The molecule has 3 amide bonds. The lowest BCUT2D eigenvalue weighted by Gasteiger charge is -2.25. The van der Waals surface area contributed by atoms with E-state index in [1.54, 1.807) is 4.90 Å². The highest BCUT2D eigenvalue weighted by atomic mass is 16.5. The molecule has 1 rings (SSSR count). The molecule has 9 nitrogen and oxygen atoms in total. The van der Waals surface area contributed by atoms with Crippen LogP contribution in [0.25, 0.3) is 0 Å². The molecule has 0 fully saturated rings. The lowest BCUT2D eigenvalue weighted by molar-refractivity contribution is -0.154. The van der Waals surface area contributed by atoms with Gasteiger partial charge in [0.25, 0.3) is 5.91 Å². The first-order valence-corrected chi connectivity index (χ1v) is 12.0. The van der Waals surface area contributed by atoms with Gasteiger partial charge in [-0.15, -0.1) is 0 Å². The van der Waals surface area contributed by atoms with Crippen LogP contribution in [-0.4, -0.2) is 58.0 Å². The van der Waals surface area contributed by atoms with Gasteiger partial charge in [-0.1, -0.05) is 61.3 Å². The van der Waals surface area contributed by atoms with Crippen molar-refractivity contribution >= 4 is 18.2 Å². The van der Waals surface area contributed by atoms with E-state index in [1.165, 1.54) is 6.26 Å². The van der Waals surface area contributed by atoms with Gasteiger partial charge in [-0.3, -0.25) is 19.6 Å². The van der Waals surface area contributed by atoms with E-state index in [9.17, 15) is 19.6 Å². The molecule has 2 N–H and O–H groups in total. The predicted molar refractivity (Wildman–Crippen MR) is 125 cm³/mol. The van der Waals surface area contributed by atoms with Crippen LogP contribution in [0.1, 0.15) is 90.1 Å². The third-order valence-electron chi connectivity index (χ3n) is 5.24. The number of carbonyl (C=O) groups is 3. The number of hydrogen-bond acceptors (Lipinski definition) is 6. The maximum Gasteiger partial charge on any atom is 0.275 e. The van der Waals surface area contributed by atoms with Gasteiger partial charge in [0.15, 0.2) is 5.69 Å². The zero-order valence-electron chi connectivity index (χ0n) is 21.2. The number of rotatable bonds is 15. The summed E-state index contributed by atoms with van der Waals surface area (Å²) < 4.78 is 5.64. The molecule has 2 atom stereocenters. The van der Waals surface area contributed by atoms with Crippen molar-refractivity contribution in [2.24, 2.45) is 23.7 Å². The van der Waals surface area contributed by atoms with Crippen LogP contribution in [0.5, 0.6) is 0 Å². The normalized spacial score (nSPS) is 13.3. The number of carbonyl (C=O) groups excluding carboxylic acids is 3. The van der Waals surface area contributed by atoms with E-state index in [0.29, 0.717) is 36.4 Å². The maximum absolute atomic E-state index is 13.1. The van der Waals surface area contributed by atoms with Crippen LogP contribution in [0.4, 0.5) is 0 Å². The monoisotopic (exact) mass is 466 g/mol. The van der Waals surface area contributed by atoms with E-state index in [0.717, 1.165) is 12.8 Å². The number of aromatic nitrogens is 1. The number of unbranched alkanes of at least 4 members (excludes halogenated alkanes) is 1. The molecule has 0 saturated carbocycles. The fourth-order valence-corrected chi connectivity index (χ4v) is 3.62. The van der Waals surface area contributed by atoms with E-state index in [4.69, 9.17) is 4.42 Å². The molecular weight excluding hydrogens is 424 g/mol. The molecule has 1 heterocycles. The number of nitrogens with zero attached hydrogens (tertiary/aromatic N) is 3. The Hall–Kier alpha value is -2.42. The van der Waals surface area contributed by atoms with Gasteiger partial charge in [0, 0.05) is 13.1 Å². The van der Waals surface area contributed by atoms with Gasteiger partial charge in [0.05, 0.1) is 12.5 Å². The molecule has 0 spiro atoms. The second-order valence-electron chi connectivity index (χ2n) is 9.87. The second kappa shape index (κ2) is 14.0. The van der Waals surface area contributed by atoms with E-state index >= 15 is 0 Å². The molecule has 0 aromatic carbocycles. The summed E-state index contributed by atoms with van der Waals surface area (Å²) in [6.45, 7) is 15.3. The zero-order valence-corrected chi connectivity index (χ0v) is 21.2. The highest BCUT2D eigenvalue weighted by molar-refractivity contribution is 5.92. The largest absolute Gasteiger partial charge is 0.446 e. The standard InChI is InChI=1S/C24H42N4O5/c1-8-9-10-19(13-28(32)15-29)22(30)26-21(18(6)7)23-25-20(14-33-23)24(31)27(11-16(2)3)12-17(4)5/h14-19,21,32H,8-13H2,1-7H3,(H,26,30)/t19-,21+/m1/s1. The van der Waals surface area contributed by atoms with Crippen molar-refractivity contribution in [3.63, 3.8) is 0 Å². The number of nitrogens with one attached hydrogen (secondary N) is 1. The quantitative estimate of drug-likeness (QED) is 0.230. The Kier molecular flexibility index (Phi) is 12.1. The smallest absolute Gasteiger partial charge is 0.275 e. The van der Waals surface area contributed by atoms with Crippen molar-refractivity contribution in [2.45, 2.75) is 73.8 Å². The van der Waals surface area contributed by atoms with Crippen LogP contribution in [-0.2, 0) is 9.59 Å². The van der Waals surface area contributed by atoms with E-state index in [2.05, 4.69) is 38.0 Å². The summed E-state index contributed by atoms with van der Waals surface area (Å²) >= 11 is 0. The Morgan fingerprint density at radius 3 is 2.21 bits per heavy atom. The van der Waals surface area contributed by atoms with Crippen LogP contribution >= 0.6 is 0 Å². The van der Waals surface area contributed by atoms with E-state index in [-0.39, 0.29) is 42.3 Å². The average molecular weight is 467 g/mol. The summed E-state index contributed by atoms with van der Waals surface area (Å²) in [5, 5.41) is 13.0. The lowest BCUT2D eigenvalue weighted by Crippen LogP contribution is -2.41. The summed E-state index contributed by atoms with van der Waals surface area (Å²) in [5.41, 5.74) is 0.219. The van der Waals surface area contributed by atoms with Crippen molar-refractivity contribution in [1.29, 1.82) is 0 Å². The highest BCUT2D eigenvalue weighted by Gasteiger charge is 2.30. The minimum atomic E-state index is -0.565. The first kappa shape index (κ1) is 28.6. The number of hydrogen-bond donors (Lipinski definition) is 2. The molecule has 0 aliphatic heterocycles. The molecule has 0 unspecified atom stereocenters. The van der Waals surface area contributed by atoms with Crippen molar-refractivity contribution < 1.29 is 24.0 Å². The molecule has 0 bridgehead atoms. The highest BCUT2D eigenvalue weighted by Crippen LogP contribution is 2.23. The Labute approximate surface area is 197 Å². The molecular formula is C24H42N4O5. The van der Waals surface area contributed by atoms with E-state index < -0.39 is 12.0 Å². The summed E-state index contributed by atoms with van der Waals surface area (Å²) in [4.78, 5) is 43.1. The number of hydroxylamine groups is 2. The van der Waals surface area contributed by atoms with Crippen LogP contribution in [0.3, 0.4) is 0 Å². The molecule has 1 aromatic heterocycles. The first-order valence-electron chi connectivity index (χ1n) is 12.0. The topological polar surface area (TPSA) is 116 Å². The molecule has 0 saturated heterocycles. The maximum atomic E-state index is 13.1. The van der Waals surface area contributed by atoms with Crippen molar-refractivity contribution in [3.05, 3.63) is 17.8 Å². The van der Waals surface area contributed by atoms with Gasteiger partial charge < -0.3 is 14.6 Å². The fourth-order valence-electron chi connectivity index (χ4n) is 3.62. The predicted octanol–water partition coefficient (Wildman–Crippen LogP) is 3.90. The molecule has 0 aliphatic carbocycles. The minimum absolute atomic E-state index is 0.0545. The number of oxazole rings is 1. The second-order valence-corrected chi connectivity index (χ2v) is 9.87. The Morgan fingerprint density at radius 2 is 1.73 bits per heavy atom. The fraction of sp³-hybridized carbons (Fsp3) is 0.750. The molecule has 9 heteroatoms. The molecule has 0 aliphatic rings. The van der Waals surface area contributed by atoms with Crippen LogP contribution in [0.15, 0.2) is 10.7 Å². The average Bonchev–Trinajstić information content (AvgIpc) is 3.22. The molecule has 188 valence electrons.